The summed E-state index contributed by atoms with van der Waals surface area (Å²) in [5.41, 5.74) is 2.70. The molecule has 0 fully saturated rings. The van der Waals surface area contributed by atoms with E-state index in [1.807, 2.05) is 23.1 Å². The molecule has 0 atom stereocenters. The summed E-state index contributed by atoms with van der Waals surface area (Å²) in [4.78, 5) is 3.95. The molecule has 0 bridgehead atoms. The van der Waals surface area contributed by atoms with Crippen molar-refractivity contribution in [1.82, 2.24) is 0 Å². The van der Waals surface area contributed by atoms with Gasteiger partial charge in [0.1, 0.15) is 4.70 Å². The van der Waals surface area contributed by atoms with Gasteiger partial charge in [0.15, 0.2) is 6.54 Å². The highest BCUT2D eigenvalue weighted by Crippen LogP contribution is 2.49. The predicted octanol–water partition coefficient (Wildman–Crippen LogP) is 11.6. The number of allylic oxidation sites excluding steroid dienone is 6. The van der Waals surface area contributed by atoms with Crippen molar-refractivity contribution in [3.05, 3.63) is 119 Å². The van der Waals surface area contributed by atoms with Crippen LogP contribution in [0.4, 0.5) is 5.69 Å². The average Bonchev–Trinajstić information content (AvgIpc) is 3.75. The van der Waals surface area contributed by atoms with Crippen molar-refractivity contribution in [1.29, 1.82) is 0 Å². The number of aromatic nitrogens is 1. The topological polar surface area (TPSA) is 7.12 Å². The van der Waals surface area contributed by atoms with E-state index in [0.717, 1.165) is 13.1 Å². The molecule has 5 aromatic rings. The van der Waals surface area contributed by atoms with Crippen LogP contribution < -0.4 is 9.47 Å². The van der Waals surface area contributed by atoms with E-state index in [0.29, 0.717) is 0 Å². The maximum absolute atomic E-state index is 2.56. The monoisotopic (exact) mass is 745 g/mol. The standard InChI is InChI=1S/C47H61N4S2/c1-7-50(8-2,9-3)36-22-34-48-42-32-30-38-24-18-20-26-40(38)46(42)52-44(48)28-16-14-13-15-17-29-45-49(35-23-37-51(10-4,11-5)12-6)43-33-31-39-25-19-21-27-41(39)47(43)53-45/h13-21,24-33H,7-12,22-23,34-37H2,1-6H3/q+3. The first-order valence-electron chi connectivity index (χ1n) is 20.2. The fourth-order valence-electron chi connectivity index (χ4n) is 8.26. The highest BCUT2D eigenvalue weighted by atomic mass is 32.2. The molecule has 4 nitrogen and oxygen atoms in total. The van der Waals surface area contributed by atoms with E-state index >= 15 is 0 Å². The van der Waals surface area contributed by atoms with E-state index in [1.165, 1.54) is 127 Å². The van der Waals surface area contributed by atoms with E-state index in [9.17, 15) is 0 Å². The van der Waals surface area contributed by atoms with Crippen molar-refractivity contribution in [3.8, 4) is 0 Å². The smallest absolute Gasteiger partial charge is 0.262 e. The van der Waals surface area contributed by atoms with Crippen LogP contribution in [-0.2, 0) is 6.54 Å². The Hall–Kier alpha value is -3.68. The summed E-state index contributed by atoms with van der Waals surface area (Å²) in [5.74, 6) is 0. The molecule has 1 aliphatic heterocycles. The van der Waals surface area contributed by atoms with Crippen molar-refractivity contribution >= 4 is 66.6 Å². The van der Waals surface area contributed by atoms with Crippen molar-refractivity contribution in [2.75, 3.05) is 63.8 Å². The summed E-state index contributed by atoms with van der Waals surface area (Å²) in [6.45, 7) is 25.8. The molecule has 53 heavy (non-hydrogen) atoms. The second-order valence-electron chi connectivity index (χ2n) is 14.5. The minimum absolute atomic E-state index is 1.04. The maximum atomic E-state index is 2.56. The van der Waals surface area contributed by atoms with Crippen LogP contribution in [-0.4, -0.2) is 67.9 Å². The molecule has 1 aliphatic rings. The lowest BCUT2D eigenvalue weighted by Crippen LogP contribution is -2.49. The van der Waals surface area contributed by atoms with Gasteiger partial charge in [-0.2, -0.15) is 4.57 Å². The lowest BCUT2D eigenvalue weighted by atomic mass is 10.1. The van der Waals surface area contributed by atoms with Gasteiger partial charge in [0, 0.05) is 35.4 Å². The summed E-state index contributed by atoms with van der Waals surface area (Å²) < 4.78 is 6.33. The van der Waals surface area contributed by atoms with E-state index in [1.54, 1.807) is 0 Å². The Balaban J connectivity index is 1.20. The number of hydrogen-bond donors (Lipinski definition) is 0. The molecule has 6 rings (SSSR count). The van der Waals surface area contributed by atoms with Crippen LogP contribution in [0, 0.1) is 0 Å². The number of quaternary nitrogens is 2. The Kier molecular flexibility index (Phi) is 13.3. The highest BCUT2D eigenvalue weighted by molar-refractivity contribution is 8.04. The fraction of sp³-hybridized carbons (Fsp3) is 0.383. The maximum Gasteiger partial charge on any atom is 0.262 e. The number of thioether (sulfide) groups is 1. The molecule has 0 aliphatic carbocycles. The van der Waals surface area contributed by atoms with Crippen molar-refractivity contribution in [2.24, 2.45) is 0 Å². The van der Waals surface area contributed by atoms with Crippen LogP contribution in [0.15, 0.2) is 119 Å². The zero-order valence-electron chi connectivity index (χ0n) is 33.1. The van der Waals surface area contributed by atoms with E-state index in [2.05, 4.69) is 166 Å². The number of anilines is 1. The van der Waals surface area contributed by atoms with E-state index < -0.39 is 0 Å². The normalized spacial score (nSPS) is 14.8. The first-order valence-corrected chi connectivity index (χ1v) is 21.8. The summed E-state index contributed by atoms with van der Waals surface area (Å²) in [6, 6.07) is 26.9. The first kappa shape index (κ1) is 39.0. The van der Waals surface area contributed by atoms with Crippen LogP contribution in [0.5, 0.6) is 0 Å². The lowest BCUT2D eigenvalue weighted by Gasteiger charge is -2.36. The quantitative estimate of drug-likeness (QED) is 0.0501. The zero-order chi connectivity index (χ0) is 37.3. The number of fused-ring (bicyclic) bond motifs is 6. The molecule has 0 radical (unpaired) electrons. The zero-order valence-corrected chi connectivity index (χ0v) is 34.7. The average molecular weight is 746 g/mol. The van der Waals surface area contributed by atoms with Gasteiger partial charge in [0.2, 0.25) is 5.52 Å². The molecule has 0 amide bonds. The third kappa shape index (κ3) is 8.52. The molecular weight excluding hydrogens is 685 g/mol. The van der Waals surface area contributed by atoms with Crippen LogP contribution >= 0.6 is 23.1 Å². The minimum atomic E-state index is 1.04. The third-order valence-electron chi connectivity index (χ3n) is 12.2. The first-order chi connectivity index (χ1) is 25.9. The Bertz CT molecular complexity index is 2100. The second kappa shape index (κ2) is 18.1. The second-order valence-corrected chi connectivity index (χ2v) is 16.5. The molecule has 278 valence electrons. The summed E-state index contributed by atoms with van der Waals surface area (Å²) in [5, 5.41) is 7.96. The molecule has 6 heteroatoms. The van der Waals surface area contributed by atoms with Crippen LogP contribution in [0.1, 0.15) is 59.4 Å². The number of nitrogens with zero attached hydrogens (tertiary/aromatic N) is 4. The predicted molar refractivity (Wildman–Crippen MR) is 235 cm³/mol. The molecule has 0 unspecified atom stereocenters. The lowest BCUT2D eigenvalue weighted by molar-refractivity contribution is -0.925. The summed E-state index contributed by atoms with van der Waals surface area (Å²) in [6.07, 6.45) is 17.9. The molecule has 1 aromatic heterocycles. The van der Waals surface area contributed by atoms with Crippen LogP contribution in [0.25, 0.3) is 37.8 Å². The van der Waals surface area contributed by atoms with E-state index in [-0.39, 0.29) is 0 Å². The number of hydrogen-bond acceptors (Lipinski definition) is 3. The number of rotatable bonds is 18. The van der Waals surface area contributed by atoms with Gasteiger partial charge >= 0.3 is 0 Å². The van der Waals surface area contributed by atoms with E-state index in [4.69, 9.17) is 0 Å². The fourth-order valence-corrected chi connectivity index (χ4v) is 10.7. The Morgan fingerprint density at radius 3 is 1.91 bits per heavy atom. The molecule has 0 saturated carbocycles. The van der Waals surface area contributed by atoms with Gasteiger partial charge in [0.25, 0.3) is 5.01 Å². The largest absolute Gasteiger partial charge is 0.335 e. The molecule has 0 spiro atoms. The van der Waals surface area contributed by atoms with Gasteiger partial charge in [0.05, 0.1) is 69.5 Å². The van der Waals surface area contributed by atoms with Gasteiger partial charge in [-0.1, -0.05) is 108 Å². The van der Waals surface area contributed by atoms with Crippen molar-refractivity contribution in [2.45, 2.75) is 65.8 Å². The third-order valence-corrected chi connectivity index (χ3v) is 14.6. The van der Waals surface area contributed by atoms with Gasteiger partial charge in [-0.3, -0.25) is 0 Å². The summed E-state index contributed by atoms with van der Waals surface area (Å²) in [7, 11) is 0. The molecular formula is C47H61N4S2+3. The number of aryl methyl sites for hydroxylation is 1. The Morgan fingerprint density at radius 1 is 0.623 bits per heavy atom. The van der Waals surface area contributed by atoms with Gasteiger partial charge in [-0.25, -0.2) is 0 Å². The Morgan fingerprint density at radius 2 is 1.21 bits per heavy atom. The minimum Gasteiger partial charge on any atom is -0.335 e. The highest BCUT2D eigenvalue weighted by Gasteiger charge is 2.28. The van der Waals surface area contributed by atoms with Crippen molar-refractivity contribution in [3.63, 3.8) is 0 Å². The van der Waals surface area contributed by atoms with Crippen LogP contribution in [0.2, 0.25) is 0 Å². The SMILES string of the molecule is CC[N+](CC)(CC)CCCN1C(=CC=CC=CC=Cc2sc3c4ccccc4ccc3[n+]2CCC[N+](CC)(CC)CC)Sc2c1ccc1ccccc21. The van der Waals surface area contributed by atoms with Gasteiger partial charge in [-0.05, 0) is 75.9 Å². The van der Waals surface area contributed by atoms with Gasteiger partial charge in [-0.15, -0.1) is 0 Å². The number of benzene rings is 4. The molecule has 0 N–H and O–H groups in total. The number of thiazole rings is 1. The van der Waals surface area contributed by atoms with Crippen molar-refractivity contribution < 1.29 is 13.5 Å². The molecule has 2 heterocycles. The molecule has 4 aromatic carbocycles. The molecule has 0 saturated heterocycles. The summed E-state index contributed by atoms with van der Waals surface area (Å²) >= 11 is 3.84. The van der Waals surface area contributed by atoms with Gasteiger partial charge < -0.3 is 13.9 Å². The Labute approximate surface area is 327 Å². The van der Waals surface area contributed by atoms with Crippen LogP contribution in [0.3, 0.4) is 0 Å².